The summed E-state index contributed by atoms with van der Waals surface area (Å²) in [6, 6.07) is 43.8. The molecule has 154 valence electrons. The predicted octanol–water partition coefficient (Wildman–Crippen LogP) is 6.78. The zero-order valence-corrected chi connectivity index (χ0v) is 18.5. The van der Waals surface area contributed by atoms with Crippen molar-refractivity contribution in [2.75, 3.05) is 0 Å². The maximum absolute atomic E-state index is 2.62. The van der Waals surface area contributed by atoms with Crippen LogP contribution < -0.4 is 0 Å². The molecular weight excluding hydrogens is 384 g/mol. The Bertz CT molecular complexity index is 1410. The van der Waals surface area contributed by atoms with E-state index in [0.717, 1.165) is 0 Å². The SMILES string of the molecule is CC12c3ccccc3C3(c4ccccc4)C1C1(c4ccccc4)C3(C)C21c1ccccc1. The lowest BCUT2D eigenvalue weighted by Gasteiger charge is -2.64. The van der Waals surface area contributed by atoms with E-state index in [2.05, 4.69) is 129 Å². The predicted molar refractivity (Wildman–Crippen MR) is 129 cm³/mol. The Morgan fingerprint density at radius 1 is 0.500 bits per heavy atom. The first kappa shape index (κ1) is 17.4. The van der Waals surface area contributed by atoms with Crippen molar-refractivity contribution in [2.24, 2.45) is 11.3 Å². The second-order valence-electron chi connectivity index (χ2n) is 10.8. The lowest BCUT2D eigenvalue weighted by Crippen LogP contribution is -2.67. The molecule has 3 fully saturated rings. The topological polar surface area (TPSA) is 0 Å². The van der Waals surface area contributed by atoms with E-state index in [1.54, 1.807) is 11.1 Å². The third kappa shape index (κ3) is 1.19. The van der Waals surface area contributed by atoms with Gasteiger partial charge in [0.1, 0.15) is 0 Å². The molecule has 0 nitrogen and oxygen atoms in total. The van der Waals surface area contributed by atoms with Gasteiger partial charge in [-0.15, -0.1) is 0 Å². The quantitative estimate of drug-likeness (QED) is 0.349. The second-order valence-corrected chi connectivity index (χ2v) is 10.8. The van der Waals surface area contributed by atoms with E-state index in [1.165, 1.54) is 16.7 Å². The highest BCUT2D eigenvalue weighted by molar-refractivity contribution is 5.89. The molecule has 3 saturated carbocycles. The highest BCUT2D eigenvalue weighted by atomic mass is 15.2. The van der Waals surface area contributed by atoms with Crippen LogP contribution >= 0.6 is 0 Å². The molecule has 0 heterocycles. The molecule has 4 aliphatic rings. The fourth-order valence-electron chi connectivity index (χ4n) is 10.6. The average Bonchev–Trinajstić information content (AvgIpc) is 3.04. The van der Waals surface area contributed by atoms with Crippen LogP contribution in [0.3, 0.4) is 0 Å². The molecule has 4 aromatic carbocycles. The van der Waals surface area contributed by atoms with Crippen LogP contribution in [0.4, 0.5) is 0 Å². The Hall–Kier alpha value is -3.12. The summed E-state index contributed by atoms with van der Waals surface area (Å²) in [5.41, 5.74) is 8.37. The highest BCUT2D eigenvalue weighted by Gasteiger charge is 3.16. The molecule has 8 rings (SSSR count). The molecular formula is C32H26. The van der Waals surface area contributed by atoms with Gasteiger partial charge in [-0.25, -0.2) is 0 Å². The molecule has 0 bridgehead atoms. The number of rotatable bonds is 3. The number of hydrogen-bond acceptors (Lipinski definition) is 0. The van der Waals surface area contributed by atoms with Gasteiger partial charge in [-0.3, -0.25) is 0 Å². The fraction of sp³-hybridized carbons (Fsp3) is 0.250. The molecule has 6 atom stereocenters. The first-order valence-electron chi connectivity index (χ1n) is 11.9. The summed E-state index contributed by atoms with van der Waals surface area (Å²) < 4.78 is 0. The zero-order valence-electron chi connectivity index (χ0n) is 18.5. The first-order valence-corrected chi connectivity index (χ1v) is 11.9. The van der Waals surface area contributed by atoms with Crippen molar-refractivity contribution in [3.05, 3.63) is 143 Å². The summed E-state index contributed by atoms with van der Waals surface area (Å²) in [7, 11) is 0. The van der Waals surface area contributed by atoms with Gasteiger partial charge >= 0.3 is 0 Å². The largest absolute Gasteiger partial charge is 0.0622 e. The Balaban J connectivity index is 1.55. The summed E-state index contributed by atoms with van der Waals surface area (Å²) in [5.74, 6) is 0.579. The van der Waals surface area contributed by atoms with Gasteiger partial charge in [0.05, 0.1) is 0 Å². The minimum absolute atomic E-state index is 0.0608. The molecule has 0 heteroatoms. The van der Waals surface area contributed by atoms with E-state index in [4.69, 9.17) is 0 Å². The smallest absolute Gasteiger partial charge is 0.0323 e. The number of benzene rings is 4. The molecule has 0 radical (unpaired) electrons. The van der Waals surface area contributed by atoms with E-state index in [9.17, 15) is 0 Å². The Morgan fingerprint density at radius 2 is 0.969 bits per heavy atom. The summed E-state index contributed by atoms with van der Waals surface area (Å²) in [4.78, 5) is 0. The van der Waals surface area contributed by atoms with Crippen LogP contribution in [0.25, 0.3) is 0 Å². The van der Waals surface area contributed by atoms with Gasteiger partial charge in [0, 0.05) is 27.1 Å². The van der Waals surface area contributed by atoms with Crippen molar-refractivity contribution in [1.82, 2.24) is 0 Å². The standard InChI is InChI=1S/C32H26/c1-28-25-20-12-13-21-26(25)30(22-14-6-3-7-15-22)27(28)31(23-16-8-4-9-17-23)29(30,2)32(28,31)24-18-10-5-11-19-24/h3-21,27H,1-2H3. The molecule has 4 aromatic rings. The van der Waals surface area contributed by atoms with Crippen molar-refractivity contribution < 1.29 is 0 Å². The van der Waals surface area contributed by atoms with E-state index in [1.807, 2.05) is 0 Å². The van der Waals surface area contributed by atoms with Gasteiger partial charge < -0.3 is 0 Å². The van der Waals surface area contributed by atoms with Crippen molar-refractivity contribution in [2.45, 2.75) is 35.5 Å². The number of hydrogen-bond donors (Lipinski definition) is 0. The fourth-order valence-corrected chi connectivity index (χ4v) is 10.6. The van der Waals surface area contributed by atoms with Gasteiger partial charge in [-0.05, 0) is 33.7 Å². The van der Waals surface area contributed by atoms with Gasteiger partial charge in [0.15, 0.2) is 0 Å². The third-order valence-electron chi connectivity index (χ3n) is 10.7. The minimum atomic E-state index is 0.0608. The van der Waals surface area contributed by atoms with Gasteiger partial charge in [-0.2, -0.15) is 0 Å². The van der Waals surface area contributed by atoms with E-state index in [0.29, 0.717) is 5.92 Å². The van der Waals surface area contributed by atoms with Crippen molar-refractivity contribution >= 4 is 0 Å². The molecule has 6 unspecified atom stereocenters. The molecule has 32 heavy (non-hydrogen) atoms. The summed E-state index contributed by atoms with van der Waals surface area (Å²) >= 11 is 0. The van der Waals surface area contributed by atoms with Crippen molar-refractivity contribution in [3.63, 3.8) is 0 Å². The Labute approximate surface area is 189 Å². The van der Waals surface area contributed by atoms with Crippen LogP contribution in [0.2, 0.25) is 0 Å². The van der Waals surface area contributed by atoms with Crippen LogP contribution in [-0.4, -0.2) is 0 Å². The van der Waals surface area contributed by atoms with Crippen molar-refractivity contribution in [1.29, 1.82) is 0 Å². The Kier molecular flexibility index (Phi) is 2.69. The maximum Gasteiger partial charge on any atom is 0.0323 e. The zero-order chi connectivity index (χ0) is 21.4. The minimum Gasteiger partial charge on any atom is -0.0622 e. The molecule has 0 N–H and O–H groups in total. The van der Waals surface area contributed by atoms with Gasteiger partial charge in [-0.1, -0.05) is 129 Å². The monoisotopic (exact) mass is 410 g/mol. The maximum atomic E-state index is 2.62. The van der Waals surface area contributed by atoms with E-state index >= 15 is 0 Å². The van der Waals surface area contributed by atoms with E-state index < -0.39 is 0 Å². The van der Waals surface area contributed by atoms with Crippen LogP contribution in [0.1, 0.15) is 41.7 Å². The summed E-state index contributed by atoms with van der Waals surface area (Å²) in [6.07, 6.45) is 0. The number of fused-ring (bicyclic) bond motifs is 6. The van der Waals surface area contributed by atoms with Crippen LogP contribution in [-0.2, 0) is 21.7 Å². The molecule has 0 aromatic heterocycles. The van der Waals surface area contributed by atoms with E-state index in [-0.39, 0.29) is 27.1 Å². The third-order valence-corrected chi connectivity index (χ3v) is 10.7. The van der Waals surface area contributed by atoms with Gasteiger partial charge in [0.25, 0.3) is 0 Å². The van der Waals surface area contributed by atoms with Crippen LogP contribution in [0.5, 0.6) is 0 Å². The Morgan fingerprint density at radius 3 is 1.56 bits per heavy atom. The van der Waals surface area contributed by atoms with Gasteiger partial charge in [0.2, 0.25) is 0 Å². The van der Waals surface area contributed by atoms with Crippen LogP contribution in [0, 0.1) is 11.3 Å². The summed E-state index contributed by atoms with van der Waals surface area (Å²) in [5, 5.41) is 0. The molecule has 4 aliphatic carbocycles. The highest BCUT2D eigenvalue weighted by Crippen LogP contribution is 3.13. The molecule has 0 spiro atoms. The summed E-state index contributed by atoms with van der Waals surface area (Å²) in [6.45, 7) is 5.21. The normalized spacial score (nSPS) is 41.1. The van der Waals surface area contributed by atoms with Crippen molar-refractivity contribution in [3.8, 4) is 0 Å². The second kappa shape index (κ2) is 4.94. The molecule has 0 amide bonds. The molecule has 0 saturated heterocycles. The van der Waals surface area contributed by atoms with Crippen LogP contribution in [0.15, 0.2) is 115 Å². The molecule has 0 aliphatic heterocycles. The first-order chi connectivity index (χ1) is 15.7. The lowest BCUT2D eigenvalue weighted by molar-refractivity contribution is -0.0154. The average molecular weight is 411 g/mol. The lowest BCUT2D eigenvalue weighted by atomic mass is 9.37.